The van der Waals surface area contributed by atoms with Gasteiger partial charge in [0.1, 0.15) is 0 Å². The SMILES string of the molecule is CC1CCCC(CCn2ccc3c2CCCC3N)C1. The summed E-state index contributed by atoms with van der Waals surface area (Å²) < 4.78 is 2.49. The lowest BCUT2D eigenvalue weighted by atomic mass is 9.81. The first-order chi connectivity index (χ1) is 9.24. The van der Waals surface area contributed by atoms with Gasteiger partial charge in [-0.2, -0.15) is 0 Å². The second-order valence-electron chi connectivity index (χ2n) is 6.84. The third-order valence-corrected chi connectivity index (χ3v) is 5.27. The molecule has 1 fully saturated rings. The molecule has 19 heavy (non-hydrogen) atoms. The zero-order chi connectivity index (χ0) is 13.2. The fourth-order valence-electron chi connectivity index (χ4n) is 4.15. The lowest BCUT2D eigenvalue weighted by Gasteiger charge is -2.27. The van der Waals surface area contributed by atoms with E-state index in [1.807, 2.05) is 0 Å². The van der Waals surface area contributed by atoms with Crippen LogP contribution in [0.4, 0.5) is 0 Å². The summed E-state index contributed by atoms with van der Waals surface area (Å²) in [5.74, 6) is 1.91. The van der Waals surface area contributed by atoms with Gasteiger partial charge in [-0.1, -0.05) is 26.2 Å². The van der Waals surface area contributed by atoms with Crippen LogP contribution in [0.5, 0.6) is 0 Å². The van der Waals surface area contributed by atoms with Crippen molar-refractivity contribution in [3.63, 3.8) is 0 Å². The second-order valence-corrected chi connectivity index (χ2v) is 6.84. The quantitative estimate of drug-likeness (QED) is 0.873. The van der Waals surface area contributed by atoms with Gasteiger partial charge < -0.3 is 10.3 Å². The Labute approximate surface area is 117 Å². The van der Waals surface area contributed by atoms with Gasteiger partial charge in [-0.25, -0.2) is 0 Å². The number of nitrogens with two attached hydrogens (primary N) is 1. The maximum Gasteiger partial charge on any atom is 0.0312 e. The third-order valence-electron chi connectivity index (χ3n) is 5.27. The van der Waals surface area contributed by atoms with Crippen molar-refractivity contribution in [1.29, 1.82) is 0 Å². The van der Waals surface area contributed by atoms with Gasteiger partial charge in [-0.15, -0.1) is 0 Å². The molecule has 1 heterocycles. The number of aryl methyl sites for hydroxylation is 1. The molecule has 3 rings (SSSR count). The predicted octanol–water partition coefficient (Wildman–Crippen LogP) is 4.04. The first kappa shape index (κ1) is 13.2. The highest BCUT2D eigenvalue weighted by Gasteiger charge is 2.22. The molecule has 0 aromatic carbocycles. The van der Waals surface area contributed by atoms with Crippen LogP contribution in [0.2, 0.25) is 0 Å². The second kappa shape index (κ2) is 5.70. The van der Waals surface area contributed by atoms with E-state index in [-0.39, 0.29) is 0 Å². The van der Waals surface area contributed by atoms with Crippen LogP contribution in [0.1, 0.15) is 69.2 Å². The van der Waals surface area contributed by atoms with Crippen LogP contribution in [-0.4, -0.2) is 4.57 Å². The summed E-state index contributed by atoms with van der Waals surface area (Å²) in [7, 11) is 0. The molecule has 1 saturated carbocycles. The van der Waals surface area contributed by atoms with Crippen molar-refractivity contribution >= 4 is 0 Å². The number of aromatic nitrogens is 1. The molecule has 0 aliphatic heterocycles. The van der Waals surface area contributed by atoms with Crippen molar-refractivity contribution < 1.29 is 0 Å². The fourth-order valence-corrected chi connectivity index (χ4v) is 4.15. The topological polar surface area (TPSA) is 30.9 Å². The van der Waals surface area contributed by atoms with Crippen LogP contribution in [-0.2, 0) is 13.0 Å². The Kier molecular flexibility index (Phi) is 3.97. The molecule has 1 aromatic heterocycles. The summed E-state index contributed by atoms with van der Waals surface area (Å²) in [6, 6.07) is 2.56. The zero-order valence-electron chi connectivity index (χ0n) is 12.3. The Balaban J connectivity index is 1.61. The van der Waals surface area contributed by atoms with E-state index in [2.05, 4.69) is 23.8 Å². The molecular formula is C17H28N2. The van der Waals surface area contributed by atoms with E-state index in [1.54, 1.807) is 0 Å². The number of rotatable bonds is 3. The minimum absolute atomic E-state index is 0.291. The lowest BCUT2D eigenvalue weighted by Crippen LogP contribution is -2.19. The highest BCUT2D eigenvalue weighted by molar-refractivity contribution is 5.28. The minimum atomic E-state index is 0.291. The highest BCUT2D eigenvalue weighted by Crippen LogP contribution is 2.32. The Hall–Kier alpha value is -0.760. The van der Waals surface area contributed by atoms with Crippen molar-refractivity contribution in [2.45, 2.75) is 70.9 Å². The molecular weight excluding hydrogens is 232 g/mol. The van der Waals surface area contributed by atoms with Gasteiger partial charge in [-0.05, 0) is 55.6 Å². The van der Waals surface area contributed by atoms with Crippen molar-refractivity contribution in [3.05, 3.63) is 23.5 Å². The molecule has 2 aliphatic rings. The van der Waals surface area contributed by atoms with Gasteiger partial charge >= 0.3 is 0 Å². The van der Waals surface area contributed by atoms with Gasteiger partial charge in [-0.3, -0.25) is 0 Å². The van der Waals surface area contributed by atoms with E-state index >= 15 is 0 Å². The van der Waals surface area contributed by atoms with E-state index in [1.165, 1.54) is 62.7 Å². The van der Waals surface area contributed by atoms with Gasteiger partial charge in [0.25, 0.3) is 0 Å². The van der Waals surface area contributed by atoms with Gasteiger partial charge in [0.2, 0.25) is 0 Å². The van der Waals surface area contributed by atoms with Crippen LogP contribution in [0.25, 0.3) is 0 Å². The summed E-state index contributed by atoms with van der Waals surface area (Å²) in [6.45, 7) is 3.63. The summed E-state index contributed by atoms with van der Waals surface area (Å²) in [5.41, 5.74) is 9.15. The maximum absolute atomic E-state index is 6.20. The molecule has 0 radical (unpaired) electrons. The average molecular weight is 260 g/mol. The molecule has 106 valence electrons. The normalized spacial score (nSPS) is 31.2. The van der Waals surface area contributed by atoms with Crippen LogP contribution in [0.15, 0.2) is 12.3 Å². The summed E-state index contributed by atoms with van der Waals surface area (Å²) in [5, 5.41) is 0. The highest BCUT2D eigenvalue weighted by atomic mass is 15.0. The molecule has 0 spiro atoms. The Morgan fingerprint density at radius 3 is 3.00 bits per heavy atom. The Morgan fingerprint density at radius 1 is 1.26 bits per heavy atom. The molecule has 2 aliphatic carbocycles. The monoisotopic (exact) mass is 260 g/mol. The number of nitrogens with zero attached hydrogens (tertiary/aromatic N) is 1. The molecule has 0 saturated heterocycles. The van der Waals surface area contributed by atoms with E-state index in [9.17, 15) is 0 Å². The third kappa shape index (κ3) is 2.89. The number of fused-ring (bicyclic) bond motifs is 1. The van der Waals surface area contributed by atoms with Crippen LogP contribution >= 0.6 is 0 Å². The zero-order valence-corrected chi connectivity index (χ0v) is 12.3. The van der Waals surface area contributed by atoms with E-state index in [0.717, 1.165) is 18.3 Å². The molecule has 2 N–H and O–H groups in total. The maximum atomic E-state index is 6.20. The van der Waals surface area contributed by atoms with E-state index < -0.39 is 0 Å². The van der Waals surface area contributed by atoms with Gasteiger partial charge in [0, 0.05) is 24.5 Å². The van der Waals surface area contributed by atoms with E-state index in [0.29, 0.717) is 6.04 Å². The first-order valence-corrected chi connectivity index (χ1v) is 8.17. The van der Waals surface area contributed by atoms with Crippen LogP contribution < -0.4 is 5.73 Å². The van der Waals surface area contributed by atoms with Crippen molar-refractivity contribution in [1.82, 2.24) is 4.57 Å². The fraction of sp³-hybridized carbons (Fsp3) is 0.765. The van der Waals surface area contributed by atoms with Crippen LogP contribution in [0.3, 0.4) is 0 Å². The number of hydrogen-bond donors (Lipinski definition) is 1. The standard InChI is InChI=1S/C17H28N2/c1-13-4-2-5-14(12-13)8-10-19-11-9-15-16(18)6-3-7-17(15)19/h9,11,13-14,16H,2-8,10,12,18H2,1H3. The van der Waals surface area contributed by atoms with Crippen molar-refractivity contribution in [2.24, 2.45) is 17.6 Å². The molecule has 0 amide bonds. The molecule has 3 atom stereocenters. The van der Waals surface area contributed by atoms with Gasteiger partial charge in [0.05, 0.1) is 0 Å². The van der Waals surface area contributed by atoms with E-state index in [4.69, 9.17) is 5.73 Å². The Morgan fingerprint density at radius 2 is 2.16 bits per heavy atom. The Bertz CT molecular complexity index is 421. The average Bonchev–Trinajstić information content (AvgIpc) is 2.81. The largest absolute Gasteiger partial charge is 0.351 e. The molecule has 2 nitrogen and oxygen atoms in total. The van der Waals surface area contributed by atoms with Crippen molar-refractivity contribution in [2.75, 3.05) is 0 Å². The summed E-state index contributed by atoms with van der Waals surface area (Å²) in [6.07, 6.45) is 13.1. The minimum Gasteiger partial charge on any atom is -0.351 e. The molecule has 3 unspecified atom stereocenters. The van der Waals surface area contributed by atoms with Gasteiger partial charge in [0.15, 0.2) is 0 Å². The lowest BCUT2D eigenvalue weighted by molar-refractivity contribution is 0.260. The molecule has 2 heteroatoms. The first-order valence-electron chi connectivity index (χ1n) is 8.17. The summed E-state index contributed by atoms with van der Waals surface area (Å²) >= 11 is 0. The smallest absolute Gasteiger partial charge is 0.0312 e. The predicted molar refractivity (Wildman–Crippen MR) is 80.0 cm³/mol. The molecule has 1 aromatic rings. The number of hydrogen-bond acceptors (Lipinski definition) is 1. The van der Waals surface area contributed by atoms with Crippen LogP contribution in [0, 0.1) is 11.8 Å². The van der Waals surface area contributed by atoms with Crippen molar-refractivity contribution in [3.8, 4) is 0 Å². The summed E-state index contributed by atoms with van der Waals surface area (Å²) in [4.78, 5) is 0. The molecule has 0 bridgehead atoms.